The van der Waals surface area contributed by atoms with Crippen LogP contribution < -0.4 is 10.2 Å². The lowest BCUT2D eigenvalue weighted by atomic mass is 9.89. The second-order valence-electron chi connectivity index (χ2n) is 10.4. The first-order valence-corrected chi connectivity index (χ1v) is 14.3. The maximum Gasteiger partial charge on any atom is 0.332 e. The number of nitrogens with one attached hydrogen (secondary N) is 2. The maximum atomic E-state index is 14.3. The van der Waals surface area contributed by atoms with Gasteiger partial charge in [0.05, 0.1) is 11.3 Å². The Kier molecular flexibility index (Phi) is 6.49. The van der Waals surface area contributed by atoms with Gasteiger partial charge in [0.2, 0.25) is 0 Å². The number of rotatable bonds is 5. The molecule has 2 aliphatic heterocycles. The van der Waals surface area contributed by atoms with Crippen LogP contribution in [0.3, 0.4) is 0 Å². The summed E-state index contributed by atoms with van der Waals surface area (Å²) in [4.78, 5) is 48.1. The summed E-state index contributed by atoms with van der Waals surface area (Å²) in [5.41, 5.74) is 4.92. The number of hydrogen-bond acceptors (Lipinski definition) is 3. The van der Waals surface area contributed by atoms with Gasteiger partial charge in [0.15, 0.2) is 0 Å². The smallest absolute Gasteiger partial charge is 0.332 e. The average molecular weight is 595 g/mol. The molecular weight excluding hydrogens is 571 g/mol. The lowest BCUT2D eigenvalue weighted by Crippen LogP contribution is -2.44. The predicted octanol–water partition coefficient (Wildman–Crippen LogP) is 6.89. The highest BCUT2D eigenvalue weighted by molar-refractivity contribution is 6.31. The molecule has 2 N–H and O–H groups in total. The van der Waals surface area contributed by atoms with E-state index in [-0.39, 0.29) is 23.7 Å². The van der Waals surface area contributed by atoms with E-state index in [1.807, 2.05) is 54.6 Å². The van der Waals surface area contributed by atoms with E-state index < -0.39 is 24.0 Å². The number of imide groups is 1. The fraction of sp³-hybridized carbons (Fsp3) is 0.121. The van der Waals surface area contributed by atoms with Gasteiger partial charge in [-0.2, -0.15) is 0 Å². The molecule has 0 spiro atoms. The van der Waals surface area contributed by atoms with Crippen molar-refractivity contribution in [1.29, 1.82) is 0 Å². The van der Waals surface area contributed by atoms with Gasteiger partial charge < -0.3 is 10.3 Å². The van der Waals surface area contributed by atoms with Gasteiger partial charge in [-0.05, 0) is 59.2 Å². The Morgan fingerprint density at radius 3 is 2.45 bits per heavy atom. The summed E-state index contributed by atoms with van der Waals surface area (Å²) in [6, 6.07) is 27.3. The zero-order chi connectivity index (χ0) is 29.0. The van der Waals surface area contributed by atoms with E-state index >= 15 is 0 Å². The highest BCUT2D eigenvalue weighted by Crippen LogP contribution is 2.45. The van der Waals surface area contributed by atoms with Crippen LogP contribution in [0.5, 0.6) is 0 Å². The Morgan fingerprint density at radius 1 is 0.881 bits per heavy atom. The average Bonchev–Trinajstić information content (AvgIpc) is 3.49. The topological polar surface area (TPSA) is 85.5 Å². The molecule has 4 aromatic carbocycles. The molecule has 1 fully saturated rings. The molecular formula is C33H24Cl2N4O3. The number of amides is 4. The Morgan fingerprint density at radius 2 is 1.64 bits per heavy atom. The molecule has 2 unspecified atom stereocenters. The molecule has 0 radical (unpaired) electrons. The number of hydrogen-bond donors (Lipinski definition) is 2. The van der Waals surface area contributed by atoms with Crippen LogP contribution in [0.1, 0.15) is 38.8 Å². The van der Waals surface area contributed by atoms with Gasteiger partial charge in [-0.1, -0.05) is 77.8 Å². The number of H-pyrrole nitrogens is 1. The largest absolute Gasteiger partial charge is 0.356 e. The zero-order valence-corrected chi connectivity index (χ0v) is 23.7. The van der Waals surface area contributed by atoms with Crippen molar-refractivity contribution in [3.05, 3.63) is 135 Å². The summed E-state index contributed by atoms with van der Waals surface area (Å²) in [6.45, 7) is 0.263. The van der Waals surface area contributed by atoms with Crippen LogP contribution in [0, 0.1) is 0 Å². The fourth-order valence-electron chi connectivity index (χ4n) is 6.06. The highest BCUT2D eigenvalue weighted by Gasteiger charge is 2.53. The SMILES string of the molecule is O=C(NCc1ccc(Cl)cc1)c1ccccc1N1C(=O)C2Cc3c([nH]c4ccccc34)C(c3cccc(Cl)c3)N2C1=O. The minimum Gasteiger partial charge on any atom is -0.356 e. The Labute approximate surface area is 251 Å². The normalized spacial score (nSPS) is 17.9. The van der Waals surface area contributed by atoms with Gasteiger partial charge in [0.25, 0.3) is 11.8 Å². The molecule has 5 aromatic rings. The minimum atomic E-state index is -0.752. The summed E-state index contributed by atoms with van der Waals surface area (Å²) in [5.74, 6) is -0.769. The number of carbonyl (C=O) groups excluding carboxylic acids is 3. The lowest BCUT2D eigenvalue weighted by molar-refractivity contribution is -0.120. The van der Waals surface area contributed by atoms with E-state index in [4.69, 9.17) is 23.2 Å². The van der Waals surface area contributed by atoms with Crippen molar-refractivity contribution >= 4 is 57.6 Å². The quantitative estimate of drug-likeness (QED) is 0.217. The summed E-state index contributed by atoms with van der Waals surface area (Å²) >= 11 is 12.4. The van der Waals surface area contributed by atoms with Crippen molar-refractivity contribution in [2.24, 2.45) is 0 Å². The summed E-state index contributed by atoms with van der Waals surface area (Å²) in [6.07, 6.45) is 0.350. The number of aromatic nitrogens is 1. The summed E-state index contributed by atoms with van der Waals surface area (Å²) < 4.78 is 0. The molecule has 2 aliphatic rings. The molecule has 0 saturated carbocycles. The molecule has 3 heterocycles. The van der Waals surface area contributed by atoms with Crippen LogP contribution in [0.25, 0.3) is 10.9 Å². The van der Waals surface area contributed by atoms with Crippen LogP contribution in [0.2, 0.25) is 10.0 Å². The number of anilines is 1. The van der Waals surface area contributed by atoms with Crippen molar-refractivity contribution in [3.63, 3.8) is 0 Å². The Balaban J connectivity index is 1.27. The van der Waals surface area contributed by atoms with Crippen LogP contribution >= 0.6 is 23.2 Å². The van der Waals surface area contributed by atoms with Crippen molar-refractivity contribution in [2.75, 3.05) is 4.90 Å². The molecule has 9 heteroatoms. The number of benzene rings is 4. The molecule has 208 valence electrons. The van der Waals surface area contributed by atoms with Crippen molar-refractivity contribution in [3.8, 4) is 0 Å². The van der Waals surface area contributed by atoms with E-state index in [1.165, 1.54) is 0 Å². The third kappa shape index (κ3) is 4.33. The zero-order valence-electron chi connectivity index (χ0n) is 22.2. The van der Waals surface area contributed by atoms with Crippen LogP contribution in [0.4, 0.5) is 10.5 Å². The standard InChI is InChI=1S/C33H24Cl2N4O3/c34-21-14-12-19(13-15-21)18-36-31(40)24-9-2-4-11-27(24)39-32(41)28-17-25-23-8-1-3-10-26(23)37-29(25)30(38(28)33(39)42)20-6-5-7-22(35)16-20/h1-16,28,30,37H,17-18H2,(H,36,40). The first kappa shape index (κ1) is 26.3. The number of nitrogens with zero attached hydrogens (tertiary/aromatic N) is 2. The molecule has 4 amide bonds. The van der Waals surface area contributed by atoms with E-state index in [9.17, 15) is 14.4 Å². The second kappa shape index (κ2) is 10.4. The molecule has 7 nitrogen and oxygen atoms in total. The highest BCUT2D eigenvalue weighted by atomic mass is 35.5. The van der Waals surface area contributed by atoms with E-state index in [2.05, 4.69) is 10.3 Å². The number of carbonyl (C=O) groups is 3. The lowest BCUT2D eigenvalue weighted by Gasteiger charge is -2.36. The third-order valence-corrected chi connectivity index (χ3v) is 8.46. The summed E-state index contributed by atoms with van der Waals surface area (Å²) in [5, 5.41) is 5.05. The van der Waals surface area contributed by atoms with Gasteiger partial charge in [0.1, 0.15) is 12.1 Å². The Hall–Kier alpha value is -4.59. The van der Waals surface area contributed by atoms with Gasteiger partial charge in [0, 0.05) is 39.6 Å². The minimum absolute atomic E-state index is 0.233. The van der Waals surface area contributed by atoms with Gasteiger partial charge >= 0.3 is 6.03 Å². The molecule has 2 atom stereocenters. The molecule has 0 aliphatic carbocycles. The first-order valence-electron chi connectivity index (χ1n) is 13.5. The van der Waals surface area contributed by atoms with E-state index in [1.54, 1.807) is 47.4 Å². The molecule has 7 rings (SSSR count). The molecule has 1 aromatic heterocycles. The van der Waals surface area contributed by atoms with Gasteiger partial charge in [-0.3, -0.25) is 14.5 Å². The molecule has 42 heavy (non-hydrogen) atoms. The number of fused-ring (bicyclic) bond motifs is 4. The number of halogens is 2. The second-order valence-corrected chi connectivity index (χ2v) is 11.3. The van der Waals surface area contributed by atoms with Crippen LogP contribution in [0.15, 0.2) is 97.1 Å². The number of para-hydroxylation sites is 2. The van der Waals surface area contributed by atoms with Crippen LogP contribution in [-0.2, 0) is 17.8 Å². The predicted molar refractivity (Wildman–Crippen MR) is 163 cm³/mol. The summed E-state index contributed by atoms with van der Waals surface area (Å²) in [7, 11) is 0. The monoisotopic (exact) mass is 594 g/mol. The fourth-order valence-corrected chi connectivity index (χ4v) is 6.38. The van der Waals surface area contributed by atoms with Crippen molar-refractivity contribution in [2.45, 2.75) is 25.0 Å². The molecule has 0 bridgehead atoms. The maximum absolute atomic E-state index is 14.3. The van der Waals surface area contributed by atoms with E-state index in [0.29, 0.717) is 16.5 Å². The third-order valence-electron chi connectivity index (χ3n) is 7.97. The van der Waals surface area contributed by atoms with E-state index in [0.717, 1.165) is 38.2 Å². The number of urea groups is 1. The number of aromatic amines is 1. The van der Waals surface area contributed by atoms with Crippen LogP contribution in [-0.4, -0.2) is 33.8 Å². The van der Waals surface area contributed by atoms with Crippen molar-refractivity contribution in [1.82, 2.24) is 15.2 Å². The van der Waals surface area contributed by atoms with Gasteiger partial charge in [-0.15, -0.1) is 0 Å². The Bertz CT molecular complexity index is 1880. The van der Waals surface area contributed by atoms with Gasteiger partial charge in [-0.25, -0.2) is 9.69 Å². The first-order chi connectivity index (χ1) is 20.4. The molecule has 1 saturated heterocycles. The van der Waals surface area contributed by atoms with Crippen molar-refractivity contribution < 1.29 is 14.4 Å².